The molecule has 2 unspecified atom stereocenters. The first-order valence-electron chi connectivity index (χ1n) is 9.88. The zero-order valence-electron chi connectivity index (χ0n) is 16.1. The Labute approximate surface area is 176 Å². The molecule has 2 fully saturated rings. The van der Waals surface area contributed by atoms with Gasteiger partial charge in [0, 0.05) is 50.6 Å². The molecule has 1 aromatic carbocycles. The number of nitrogens with zero attached hydrogens (tertiary/aromatic N) is 2. The van der Waals surface area contributed by atoms with Gasteiger partial charge in [0.2, 0.25) is 0 Å². The van der Waals surface area contributed by atoms with Crippen LogP contribution >= 0.6 is 23.2 Å². The Hall–Kier alpha value is -1.11. The van der Waals surface area contributed by atoms with Gasteiger partial charge >= 0.3 is 0 Å². The first kappa shape index (κ1) is 20.2. The van der Waals surface area contributed by atoms with Crippen LogP contribution in [0.1, 0.15) is 36.0 Å². The van der Waals surface area contributed by atoms with Crippen LogP contribution in [0.25, 0.3) is 0 Å². The molecule has 7 heteroatoms. The summed E-state index contributed by atoms with van der Waals surface area (Å²) in [5.74, 6) is -0.516. The monoisotopic (exact) mass is 424 g/mol. The van der Waals surface area contributed by atoms with E-state index in [9.17, 15) is 4.79 Å². The number of likely N-dealkylation sites (N-methyl/N-ethyl adjacent to an activating group) is 1. The van der Waals surface area contributed by atoms with E-state index in [1.807, 2.05) is 11.9 Å². The van der Waals surface area contributed by atoms with E-state index in [4.69, 9.17) is 32.7 Å². The summed E-state index contributed by atoms with van der Waals surface area (Å²) in [6, 6.07) is 5.40. The Kier molecular flexibility index (Phi) is 6.00. The van der Waals surface area contributed by atoms with Crippen LogP contribution in [0.4, 0.5) is 0 Å². The lowest BCUT2D eigenvalue weighted by Crippen LogP contribution is -2.51. The minimum atomic E-state index is -0.479. The Balaban J connectivity index is 1.57. The first-order chi connectivity index (χ1) is 13.5. The average Bonchev–Trinajstić information content (AvgIpc) is 3.34. The van der Waals surface area contributed by atoms with Gasteiger partial charge in [0.15, 0.2) is 5.79 Å². The fourth-order valence-corrected chi connectivity index (χ4v) is 4.96. The molecular formula is C21H26Cl2N2O3. The van der Waals surface area contributed by atoms with Crippen molar-refractivity contribution in [3.05, 3.63) is 46.0 Å². The Morgan fingerprint density at radius 3 is 2.46 bits per heavy atom. The molecule has 1 saturated carbocycles. The van der Waals surface area contributed by atoms with E-state index in [1.165, 1.54) is 0 Å². The molecule has 2 aliphatic heterocycles. The number of amides is 1. The molecule has 0 radical (unpaired) electrons. The van der Waals surface area contributed by atoms with E-state index >= 15 is 0 Å². The third kappa shape index (κ3) is 3.96. The largest absolute Gasteiger partial charge is 0.348 e. The van der Waals surface area contributed by atoms with Crippen molar-refractivity contribution in [1.29, 1.82) is 0 Å². The van der Waals surface area contributed by atoms with Crippen molar-refractivity contribution in [2.75, 3.05) is 33.4 Å². The van der Waals surface area contributed by atoms with Gasteiger partial charge < -0.3 is 14.4 Å². The predicted octanol–water partition coefficient (Wildman–Crippen LogP) is 3.99. The molecule has 4 rings (SSSR count). The molecule has 1 saturated heterocycles. The predicted molar refractivity (Wildman–Crippen MR) is 110 cm³/mol. The van der Waals surface area contributed by atoms with Crippen LogP contribution < -0.4 is 0 Å². The van der Waals surface area contributed by atoms with Crippen LogP contribution in [0.2, 0.25) is 10.0 Å². The second-order valence-electron chi connectivity index (χ2n) is 7.79. The highest BCUT2D eigenvalue weighted by atomic mass is 35.5. The molecule has 5 nitrogen and oxygen atoms in total. The quantitative estimate of drug-likeness (QED) is 0.687. The molecule has 152 valence electrons. The van der Waals surface area contributed by atoms with Crippen LogP contribution in [0, 0.1) is 0 Å². The van der Waals surface area contributed by atoms with Gasteiger partial charge in [-0.15, -0.1) is 0 Å². The number of rotatable bonds is 3. The highest BCUT2D eigenvalue weighted by molar-refractivity contribution is 6.42. The van der Waals surface area contributed by atoms with Crippen LogP contribution in [0.15, 0.2) is 30.4 Å². The molecule has 3 aliphatic rings. The standard InChI is InChI=1S/C21H26Cl2N2O3/c1-24(20(26)15-4-5-16(22)17(23)14-15)18-6-8-21(27-12-13-28-21)9-7-19(18)25-10-2-3-11-25/h2-5,14,18-19H,6-13H2,1H3. The molecule has 1 amide bonds. The molecule has 2 atom stereocenters. The highest BCUT2D eigenvalue weighted by Crippen LogP contribution is 2.38. The summed E-state index contributed by atoms with van der Waals surface area (Å²) in [7, 11) is 1.89. The third-order valence-corrected chi connectivity index (χ3v) is 6.94. The number of hydrogen-bond acceptors (Lipinski definition) is 4. The van der Waals surface area contributed by atoms with Crippen molar-refractivity contribution in [3.8, 4) is 0 Å². The van der Waals surface area contributed by atoms with Crippen molar-refractivity contribution >= 4 is 29.1 Å². The smallest absolute Gasteiger partial charge is 0.253 e. The van der Waals surface area contributed by atoms with Gasteiger partial charge in [-0.2, -0.15) is 0 Å². The lowest BCUT2D eigenvalue weighted by Gasteiger charge is -2.38. The van der Waals surface area contributed by atoms with E-state index in [1.54, 1.807) is 18.2 Å². The lowest BCUT2D eigenvalue weighted by molar-refractivity contribution is -0.166. The second kappa shape index (κ2) is 8.33. The van der Waals surface area contributed by atoms with Gasteiger partial charge in [-0.25, -0.2) is 0 Å². The van der Waals surface area contributed by atoms with Crippen LogP contribution in [0.5, 0.6) is 0 Å². The number of carbonyl (C=O) groups is 1. The van der Waals surface area contributed by atoms with Crippen molar-refractivity contribution in [3.63, 3.8) is 0 Å². The van der Waals surface area contributed by atoms with E-state index < -0.39 is 5.79 Å². The summed E-state index contributed by atoms with van der Waals surface area (Å²) in [5, 5.41) is 0.850. The molecule has 1 aromatic rings. The maximum atomic E-state index is 13.2. The van der Waals surface area contributed by atoms with Crippen molar-refractivity contribution in [1.82, 2.24) is 9.80 Å². The topological polar surface area (TPSA) is 42.0 Å². The SMILES string of the molecule is CN(C(=O)c1ccc(Cl)c(Cl)c1)C1CCC2(CCC1N1CC=CC1)OCCO2. The minimum Gasteiger partial charge on any atom is -0.348 e. The number of halogens is 2. The maximum absolute atomic E-state index is 13.2. The van der Waals surface area contributed by atoms with E-state index in [-0.39, 0.29) is 18.0 Å². The third-order valence-electron chi connectivity index (χ3n) is 6.20. The normalized spacial score (nSPS) is 27.2. The van der Waals surface area contributed by atoms with Gasteiger partial charge in [0.1, 0.15) is 0 Å². The summed E-state index contributed by atoms with van der Waals surface area (Å²) < 4.78 is 12.0. The molecule has 1 spiro atoms. The summed E-state index contributed by atoms with van der Waals surface area (Å²) >= 11 is 12.2. The van der Waals surface area contributed by atoms with Gasteiger partial charge in [-0.1, -0.05) is 35.4 Å². The molecular weight excluding hydrogens is 399 g/mol. The number of benzene rings is 1. The van der Waals surface area contributed by atoms with Crippen LogP contribution in [0.3, 0.4) is 0 Å². The number of carbonyl (C=O) groups excluding carboxylic acids is 1. The Morgan fingerprint density at radius 1 is 1.11 bits per heavy atom. The van der Waals surface area contributed by atoms with Crippen molar-refractivity contribution < 1.29 is 14.3 Å². The van der Waals surface area contributed by atoms with E-state index in [0.29, 0.717) is 28.8 Å². The van der Waals surface area contributed by atoms with Crippen LogP contribution in [-0.4, -0.2) is 66.9 Å². The van der Waals surface area contributed by atoms with Crippen molar-refractivity contribution in [2.45, 2.75) is 43.6 Å². The second-order valence-corrected chi connectivity index (χ2v) is 8.60. The molecule has 0 bridgehead atoms. The lowest BCUT2D eigenvalue weighted by atomic mass is 9.99. The zero-order chi connectivity index (χ0) is 19.7. The van der Waals surface area contributed by atoms with Gasteiger partial charge in [0.05, 0.1) is 23.3 Å². The molecule has 2 heterocycles. The zero-order valence-corrected chi connectivity index (χ0v) is 17.6. The molecule has 0 aromatic heterocycles. The molecule has 0 N–H and O–H groups in total. The van der Waals surface area contributed by atoms with Gasteiger partial charge in [-0.3, -0.25) is 9.69 Å². The maximum Gasteiger partial charge on any atom is 0.253 e. The highest BCUT2D eigenvalue weighted by Gasteiger charge is 2.44. The fraction of sp³-hybridized carbons (Fsp3) is 0.571. The first-order valence-corrected chi connectivity index (χ1v) is 10.6. The summed E-state index contributed by atoms with van der Waals surface area (Å²) in [6.45, 7) is 3.15. The van der Waals surface area contributed by atoms with Crippen LogP contribution in [-0.2, 0) is 9.47 Å². The van der Waals surface area contributed by atoms with Gasteiger partial charge in [0.25, 0.3) is 5.91 Å². The van der Waals surface area contributed by atoms with Crippen molar-refractivity contribution in [2.24, 2.45) is 0 Å². The van der Waals surface area contributed by atoms with E-state index in [2.05, 4.69) is 17.1 Å². The molecule has 28 heavy (non-hydrogen) atoms. The number of hydrogen-bond donors (Lipinski definition) is 0. The van der Waals surface area contributed by atoms with E-state index in [0.717, 1.165) is 38.8 Å². The molecule has 1 aliphatic carbocycles. The Bertz CT molecular complexity index is 756. The number of ether oxygens (including phenoxy) is 2. The summed E-state index contributed by atoms with van der Waals surface area (Å²) in [5.41, 5.74) is 0.558. The summed E-state index contributed by atoms with van der Waals surface area (Å²) in [6.07, 6.45) is 7.83. The average molecular weight is 425 g/mol. The Morgan fingerprint density at radius 2 is 1.79 bits per heavy atom. The van der Waals surface area contributed by atoms with Gasteiger partial charge in [-0.05, 0) is 31.0 Å². The summed E-state index contributed by atoms with van der Waals surface area (Å²) in [4.78, 5) is 17.5. The fourth-order valence-electron chi connectivity index (χ4n) is 4.66. The minimum absolute atomic E-state index is 0.0371.